The van der Waals surface area contributed by atoms with Crippen LogP contribution in [0.15, 0.2) is 72.8 Å². The Morgan fingerprint density at radius 3 is 2.06 bits per heavy atom. The van der Waals surface area contributed by atoms with Crippen molar-refractivity contribution in [3.05, 3.63) is 89.5 Å². The molecule has 5 rings (SSSR count). The first-order valence-corrected chi connectivity index (χ1v) is 12.9. The molecule has 2 unspecified atom stereocenters. The lowest BCUT2D eigenvalue weighted by atomic mass is 9.54. The topological polar surface area (TPSA) is 78.4 Å². The van der Waals surface area contributed by atoms with Gasteiger partial charge in [-0.3, -0.25) is 4.79 Å². The lowest BCUT2D eigenvalue weighted by Crippen LogP contribution is -2.42. The van der Waals surface area contributed by atoms with Gasteiger partial charge in [-0.2, -0.15) is 0 Å². The maximum atomic E-state index is 12.9. The van der Waals surface area contributed by atoms with Gasteiger partial charge < -0.3 is 15.7 Å². The molecule has 3 aromatic rings. The second-order valence-electron chi connectivity index (χ2n) is 11.1. The van der Waals surface area contributed by atoms with Crippen molar-refractivity contribution in [2.24, 2.45) is 17.8 Å². The average molecular weight is 483 g/mol. The van der Waals surface area contributed by atoms with Crippen molar-refractivity contribution >= 4 is 28.9 Å². The maximum Gasteiger partial charge on any atom is 0.335 e. The third-order valence-electron chi connectivity index (χ3n) is 7.93. The lowest BCUT2D eigenvalue weighted by Gasteiger charge is -2.50. The Hall–Kier alpha value is -3.60. The molecule has 3 aromatic carbocycles. The summed E-state index contributed by atoms with van der Waals surface area (Å²) in [6.07, 6.45) is 6.56. The van der Waals surface area contributed by atoms with Crippen LogP contribution in [0.1, 0.15) is 72.2 Å². The number of amides is 1. The quantitative estimate of drug-likeness (QED) is 0.340. The maximum absolute atomic E-state index is 12.9. The molecule has 2 aliphatic rings. The summed E-state index contributed by atoms with van der Waals surface area (Å²) in [5.41, 5.74) is 4.75. The van der Waals surface area contributed by atoms with Crippen LogP contribution in [0.25, 0.3) is 0 Å². The first-order valence-electron chi connectivity index (χ1n) is 12.9. The highest BCUT2D eigenvalue weighted by molar-refractivity contribution is 6.04. The first-order chi connectivity index (χ1) is 17.3. The fraction of sp³-hybridized carbons (Fsp3) is 0.355. The van der Waals surface area contributed by atoms with Crippen LogP contribution in [0.4, 0.5) is 17.1 Å². The van der Waals surface area contributed by atoms with Gasteiger partial charge in [0.1, 0.15) is 0 Å². The van der Waals surface area contributed by atoms with Crippen molar-refractivity contribution in [3.63, 3.8) is 0 Å². The molecule has 186 valence electrons. The van der Waals surface area contributed by atoms with Crippen LogP contribution in [0.5, 0.6) is 0 Å². The number of nitrogens with one attached hydrogen (secondary N) is 2. The summed E-state index contributed by atoms with van der Waals surface area (Å²) in [4.78, 5) is 24.0. The second kappa shape index (κ2) is 9.81. The Morgan fingerprint density at radius 2 is 1.42 bits per heavy atom. The zero-order chi connectivity index (χ0) is 25.3. The molecule has 0 saturated heterocycles. The number of carbonyl (C=O) groups is 2. The third kappa shape index (κ3) is 5.15. The molecule has 2 bridgehead atoms. The van der Waals surface area contributed by atoms with E-state index in [1.54, 1.807) is 36.4 Å². The third-order valence-corrected chi connectivity index (χ3v) is 7.93. The van der Waals surface area contributed by atoms with E-state index < -0.39 is 5.97 Å². The molecule has 2 fully saturated rings. The number of carboxylic acid groups (broad SMARTS) is 1. The summed E-state index contributed by atoms with van der Waals surface area (Å²) in [5, 5.41) is 15.4. The number of anilines is 3. The normalized spacial score (nSPS) is 25.1. The summed E-state index contributed by atoms with van der Waals surface area (Å²) >= 11 is 0. The molecule has 2 aliphatic carbocycles. The highest BCUT2D eigenvalue weighted by Gasteiger charge is 2.45. The van der Waals surface area contributed by atoms with Crippen LogP contribution in [0.2, 0.25) is 0 Å². The molecule has 0 aliphatic heterocycles. The standard InChI is InChI=1S/C31H34N2O3/c1-20-14-22-15-21(2)18-31(17-20,19-22)25-8-12-27(13-9-25)33-29(34)23-6-10-26(11-7-23)32-28-5-3-4-24(16-28)30(35)36/h3-13,16,20-22,32H,14-15,17-19H2,1-2H3,(H,33,34)(H,35,36). The molecule has 36 heavy (non-hydrogen) atoms. The Kier molecular flexibility index (Phi) is 6.57. The van der Waals surface area contributed by atoms with Gasteiger partial charge in [-0.15, -0.1) is 0 Å². The summed E-state index contributed by atoms with van der Waals surface area (Å²) in [7, 11) is 0. The number of fused-ring (bicyclic) bond motifs is 2. The van der Waals surface area contributed by atoms with Crippen molar-refractivity contribution < 1.29 is 14.7 Å². The molecule has 5 nitrogen and oxygen atoms in total. The van der Waals surface area contributed by atoms with E-state index in [1.807, 2.05) is 24.3 Å². The van der Waals surface area contributed by atoms with E-state index in [9.17, 15) is 9.59 Å². The van der Waals surface area contributed by atoms with Crippen molar-refractivity contribution in [1.29, 1.82) is 0 Å². The highest BCUT2D eigenvalue weighted by atomic mass is 16.4. The molecule has 3 N–H and O–H groups in total. The molecule has 1 amide bonds. The predicted molar refractivity (Wildman–Crippen MR) is 144 cm³/mol. The second-order valence-corrected chi connectivity index (χ2v) is 11.1. The van der Waals surface area contributed by atoms with Crippen LogP contribution in [-0.2, 0) is 5.41 Å². The van der Waals surface area contributed by atoms with E-state index in [0.29, 0.717) is 11.3 Å². The molecular weight excluding hydrogens is 448 g/mol. The van der Waals surface area contributed by atoms with E-state index >= 15 is 0 Å². The van der Waals surface area contributed by atoms with Crippen molar-refractivity contribution in [2.75, 3.05) is 10.6 Å². The van der Waals surface area contributed by atoms with Crippen LogP contribution in [-0.4, -0.2) is 17.0 Å². The molecule has 5 heteroatoms. The Morgan fingerprint density at radius 1 is 0.778 bits per heavy atom. The van der Waals surface area contributed by atoms with E-state index in [4.69, 9.17) is 5.11 Å². The van der Waals surface area contributed by atoms with E-state index in [2.05, 4.69) is 36.6 Å². The van der Waals surface area contributed by atoms with Gasteiger partial charge in [0.2, 0.25) is 0 Å². The largest absolute Gasteiger partial charge is 0.478 e. The molecular formula is C31H34N2O3. The SMILES string of the molecule is CC1CC2CC(C)CC(c3ccc(NC(=O)c4ccc(Nc5cccc(C(=O)O)c5)cc4)cc3)(C1)C2. The number of aromatic carboxylic acids is 1. The Balaban J connectivity index is 1.24. The molecule has 0 radical (unpaired) electrons. The van der Waals surface area contributed by atoms with Crippen molar-refractivity contribution in [3.8, 4) is 0 Å². The van der Waals surface area contributed by atoms with Crippen LogP contribution in [0, 0.1) is 17.8 Å². The zero-order valence-electron chi connectivity index (χ0n) is 21.0. The van der Waals surface area contributed by atoms with E-state index in [1.165, 1.54) is 37.7 Å². The summed E-state index contributed by atoms with van der Waals surface area (Å²) in [6.45, 7) is 4.80. The lowest BCUT2D eigenvalue weighted by molar-refractivity contribution is 0.0696. The number of carboxylic acids is 1. The van der Waals surface area contributed by atoms with Gasteiger partial charge in [0.05, 0.1) is 5.56 Å². The minimum atomic E-state index is -0.968. The number of rotatable bonds is 6. The minimum absolute atomic E-state index is 0.155. The average Bonchev–Trinajstić information content (AvgIpc) is 2.84. The summed E-state index contributed by atoms with van der Waals surface area (Å²) in [6, 6.07) is 22.3. The first kappa shape index (κ1) is 24.1. The number of hydrogen-bond donors (Lipinski definition) is 3. The Labute approximate surface area is 212 Å². The highest BCUT2D eigenvalue weighted by Crippen LogP contribution is 2.54. The van der Waals surface area contributed by atoms with Gasteiger partial charge in [-0.25, -0.2) is 4.79 Å². The molecule has 0 spiro atoms. The summed E-state index contributed by atoms with van der Waals surface area (Å²) in [5.74, 6) is 1.26. The number of carbonyl (C=O) groups excluding carboxylic acids is 1. The van der Waals surface area contributed by atoms with Gasteiger partial charge in [0, 0.05) is 22.6 Å². The number of benzene rings is 3. The summed E-state index contributed by atoms with van der Waals surface area (Å²) < 4.78 is 0. The molecule has 0 heterocycles. The molecule has 2 atom stereocenters. The fourth-order valence-electron chi connectivity index (χ4n) is 6.77. The fourth-order valence-corrected chi connectivity index (χ4v) is 6.77. The van der Waals surface area contributed by atoms with Gasteiger partial charge in [0.25, 0.3) is 5.91 Å². The predicted octanol–water partition coefficient (Wildman–Crippen LogP) is 7.48. The van der Waals surface area contributed by atoms with Crippen LogP contribution < -0.4 is 10.6 Å². The van der Waals surface area contributed by atoms with Gasteiger partial charge >= 0.3 is 5.97 Å². The van der Waals surface area contributed by atoms with Crippen molar-refractivity contribution in [1.82, 2.24) is 0 Å². The van der Waals surface area contributed by atoms with Gasteiger partial charge in [-0.1, -0.05) is 32.0 Å². The smallest absolute Gasteiger partial charge is 0.335 e. The van der Waals surface area contributed by atoms with Gasteiger partial charge in [0.15, 0.2) is 0 Å². The van der Waals surface area contributed by atoms with Crippen LogP contribution in [0.3, 0.4) is 0 Å². The Bertz CT molecular complexity index is 1230. The number of hydrogen-bond acceptors (Lipinski definition) is 3. The minimum Gasteiger partial charge on any atom is -0.478 e. The van der Waals surface area contributed by atoms with E-state index in [-0.39, 0.29) is 16.9 Å². The van der Waals surface area contributed by atoms with Gasteiger partial charge in [-0.05, 0) is 115 Å². The molecule has 0 aromatic heterocycles. The molecule has 2 saturated carbocycles. The zero-order valence-corrected chi connectivity index (χ0v) is 21.0. The van der Waals surface area contributed by atoms with Crippen LogP contribution >= 0.6 is 0 Å². The van der Waals surface area contributed by atoms with Crippen molar-refractivity contribution in [2.45, 2.75) is 51.4 Å². The monoisotopic (exact) mass is 482 g/mol. The van der Waals surface area contributed by atoms with E-state index in [0.717, 1.165) is 29.1 Å².